The summed E-state index contributed by atoms with van der Waals surface area (Å²) in [4.78, 5) is 27.0. The topological polar surface area (TPSA) is 66.1 Å². The zero-order valence-corrected chi connectivity index (χ0v) is 15.3. The monoisotopic (exact) mass is 377 g/mol. The van der Waals surface area contributed by atoms with Gasteiger partial charge in [0.15, 0.2) is 0 Å². The van der Waals surface area contributed by atoms with Crippen LogP contribution in [-0.2, 0) is 0 Å². The number of nitrogens with one attached hydrogen (secondary N) is 1. The van der Waals surface area contributed by atoms with Crippen molar-refractivity contribution < 1.29 is 14.0 Å². The van der Waals surface area contributed by atoms with Gasteiger partial charge < -0.3 is 4.90 Å². The second-order valence-electron chi connectivity index (χ2n) is 7.00. The van der Waals surface area contributed by atoms with E-state index in [-0.39, 0.29) is 23.4 Å². The number of hydrogen-bond donors (Lipinski definition) is 1. The van der Waals surface area contributed by atoms with Crippen LogP contribution in [0.4, 0.5) is 4.39 Å². The Morgan fingerprint density at radius 1 is 1.04 bits per heavy atom. The number of hydrogen-bond acceptors (Lipinski definition) is 3. The number of halogens is 1. The number of benzene rings is 2. The molecule has 0 radical (unpaired) electrons. The third kappa shape index (κ3) is 3.71. The van der Waals surface area contributed by atoms with Crippen molar-refractivity contribution in [1.29, 1.82) is 0 Å². The van der Waals surface area contributed by atoms with Gasteiger partial charge in [0.1, 0.15) is 11.5 Å². The van der Waals surface area contributed by atoms with E-state index in [0.717, 1.165) is 18.5 Å². The van der Waals surface area contributed by atoms with E-state index in [2.05, 4.69) is 10.2 Å². The summed E-state index contributed by atoms with van der Waals surface area (Å²) >= 11 is 0. The van der Waals surface area contributed by atoms with Crippen molar-refractivity contribution in [3.63, 3.8) is 0 Å². The fourth-order valence-electron chi connectivity index (χ4n) is 3.59. The Hall–Kier alpha value is -3.28. The molecule has 1 amide bonds. The summed E-state index contributed by atoms with van der Waals surface area (Å²) in [7, 11) is 0. The van der Waals surface area contributed by atoms with Crippen LogP contribution in [0.5, 0.6) is 0 Å². The third-order valence-electron chi connectivity index (χ3n) is 5.11. The Kier molecular flexibility index (Phi) is 5.02. The lowest BCUT2D eigenvalue weighted by Crippen LogP contribution is -2.39. The fraction of sp³-hybridized carbons (Fsp3) is 0.227. The Labute approximate surface area is 162 Å². The maximum absolute atomic E-state index is 13.1. The minimum absolute atomic E-state index is 0.0861. The Morgan fingerprint density at radius 3 is 2.54 bits per heavy atom. The molecule has 1 N–H and O–H groups in total. The number of ketones is 1. The number of aromatic amines is 1. The zero-order chi connectivity index (χ0) is 19.5. The van der Waals surface area contributed by atoms with Crippen molar-refractivity contribution >= 4 is 11.7 Å². The van der Waals surface area contributed by atoms with Crippen LogP contribution in [0, 0.1) is 5.82 Å². The first-order chi connectivity index (χ1) is 13.6. The van der Waals surface area contributed by atoms with Gasteiger partial charge >= 0.3 is 0 Å². The summed E-state index contributed by atoms with van der Waals surface area (Å²) in [5.74, 6) is -0.507. The average Bonchev–Trinajstić information content (AvgIpc) is 3.24. The Bertz CT molecular complexity index is 983. The normalized spacial score (nSPS) is 16.8. The van der Waals surface area contributed by atoms with Gasteiger partial charge in [-0.1, -0.05) is 30.3 Å². The van der Waals surface area contributed by atoms with Crippen LogP contribution in [0.2, 0.25) is 0 Å². The lowest BCUT2D eigenvalue weighted by atomic mass is 9.93. The van der Waals surface area contributed by atoms with Gasteiger partial charge in [0.2, 0.25) is 5.78 Å². The van der Waals surface area contributed by atoms with E-state index in [0.29, 0.717) is 29.9 Å². The van der Waals surface area contributed by atoms with Gasteiger partial charge in [0, 0.05) is 35.8 Å². The van der Waals surface area contributed by atoms with Crippen LogP contribution in [0.15, 0.2) is 60.7 Å². The molecule has 0 bridgehead atoms. The third-order valence-corrected chi connectivity index (χ3v) is 5.11. The SMILES string of the molecule is O=C(c1ccccc1)c1cc([C@H]2CCCN(C(=O)c3ccc(F)cc3)C2)[nH]n1. The molecule has 6 heteroatoms. The lowest BCUT2D eigenvalue weighted by molar-refractivity contribution is 0.0705. The van der Waals surface area contributed by atoms with Crippen molar-refractivity contribution in [2.75, 3.05) is 13.1 Å². The molecule has 4 rings (SSSR count). The molecule has 1 aliphatic heterocycles. The van der Waals surface area contributed by atoms with Crippen LogP contribution in [0.1, 0.15) is 50.9 Å². The number of piperidine rings is 1. The Balaban J connectivity index is 1.48. The van der Waals surface area contributed by atoms with Crippen LogP contribution < -0.4 is 0 Å². The predicted molar refractivity (Wildman–Crippen MR) is 103 cm³/mol. The van der Waals surface area contributed by atoms with E-state index in [9.17, 15) is 14.0 Å². The number of aromatic nitrogens is 2. The number of carbonyl (C=O) groups excluding carboxylic acids is 2. The van der Waals surface area contributed by atoms with Crippen molar-refractivity contribution in [2.24, 2.45) is 0 Å². The molecule has 1 aromatic heterocycles. The van der Waals surface area contributed by atoms with Crippen molar-refractivity contribution in [2.45, 2.75) is 18.8 Å². The first-order valence-electron chi connectivity index (χ1n) is 9.32. The predicted octanol–water partition coefficient (Wildman–Crippen LogP) is 3.80. The standard InChI is InChI=1S/C22H20FN3O2/c23-18-10-8-16(9-11-18)22(28)26-12-4-7-17(14-26)19-13-20(25-24-19)21(27)15-5-2-1-3-6-15/h1-3,5-6,8-11,13,17H,4,7,12,14H2,(H,24,25)/t17-/m0/s1. The molecule has 0 saturated carbocycles. The highest BCUT2D eigenvalue weighted by molar-refractivity contribution is 6.07. The number of amides is 1. The van der Waals surface area contributed by atoms with Gasteiger partial charge in [-0.05, 0) is 43.2 Å². The van der Waals surface area contributed by atoms with Crippen LogP contribution >= 0.6 is 0 Å². The zero-order valence-electron chi connectivity index (χ0n) is 15.3. The van der Waals surface area contributed by atoms with Crippen molar-refractivity contribution in [3.8, 4) is 0 Å². The summed E-state index contributed by atoms with van der Waals surface area (Å²) in [6, 6.07) is 16.4. The highest BCUT2D eigenvalue weighted by Crippen LogP contribution is 2.27. The fourth-order valence-corrected chi connectivity index (χ4v) is 3.59. The molecule has 28 heavy (non-hydrogen) atoms. The van der Waals surface area contributed by atoms with Gasteiger partial charge in [-0.2, -0.15) is 5.10 Å². The van der Waals surface area contributed by atoms with Crippen LogP contribution in [0.25, 0.3) is 0 Å². The van der Waals surface area contributed by atoms with E-state index in [1.807, 2.05) is 18.2 Å². The molecule has 1 aliphatic rings. The molecule has 1 saturated heterocycles. The molecule has 1 fully saturated rings. The van der Waals surface area contributed by atoms with Crippen LogP contribution in [0.3, 0.4) is 0 Å². The largest absolute Gasteiger partial charge is 0.338 e. The molecular formula is C22H20FN3O2. The highest BCUT2D eigenvalue weighted by atomic mass is 19.1. The van der Waals surface area contributed by atoms with E-state index in [1.165, 1.54) is 24.3 Å². The summed E-state index contributed by atoms with van der Waals surface area (Å²) in [5.41, 5.74) is 2.31. The Morgan fingerprint density at radius 2 is 1.79 bits per heavy atom. The van der Waals surface area contributed by atoms with Gasteiger partial charge in [-0.3, -0.25) is 14.7 Å². The summed E-state index contributed by atoms with van der Waals surface area (Å²) in [6.45, 7) is 1.20. The van der Waals surface area contributed by atoms with Crippen LogP contribution in [-0.4, -0.2) is 39.9 Å². The maximum atomic E-state index is 13.1. The van der Waals surface area contributed by atoms with Gasteiger partial charge in [0.25, 0.3) is 5.91 Å². The van der Waals surface area contributed by atoms with Crippen molar-refractivity contribution in [1.82, 2.24) is 15.1 Å². The smallest absolute Gasteiger partial charge is 0.253 e. The molecule has 1 atom stereocenters. The molecule has 3 aromatic rings. The molecule has 0 unspecified atom stereocenters. The molecule has 2 aromatic carbocycles. The molecule has 0 aliphatic carbocycles. The quantitative estimate of drug-likeness (QED) is 0.704. The second kappa shape index (κ2) is 7.76. The minimum atomic E-state index is -0.360. The number of carbonyl (C=O) groups is 2. The van der Waals surface area contributed by atoms with Gasteiger partial charge in [0.05, 0.1) is 0 Å². The number of rotatable bonds is 4. The maximum Gasteiger partial charge on any atom is 0.253 e. The number of nitrogens with zero attached hydrogens (tertiary/aromatic N) is 2. The lowest BCUT2D eigenvalue weighted by Gasteiger charge is -2.32. The summed E-state index contributed by atoms with van der Waals surface area (Å²) in [6.07, 6.45) is 1.77. The summed E-state index contributed by atoms with van der Waals surface area (Å²) in [5, 5.41) is 7.16. The van der Waals surface area contributed by atoms with E-state index < -0.39 is 0 Å². The molecule has 2 heterocycles. The molecular weight excluding hydrogens is 357 g/mol. The van der Waals surface area contributed by atoms with E-state index in [1.54, 1.807) is 23.1 Å². The van der Waals surface area contributed by atoms with E-state index >= 15 is 0 Å². The van der Waals surface area contributed by atoms with Crippen molar-refractivity contribution in [3.05, 3.63) is 89.0 Å². The minimum Gasteiger partial charge on any atom is -0.338 e. The molecule has 0 spiro atoms. The second-order valence-corrected chi connectivity index (χ2v) is 7.00. The van der Waals surface area contributed by atoms with E-state index in [4.69, 9.17) is 0 Å². The number of H-pyrrole nitrogens is 1. The molecule has 5 nitrogen and oxygen atoms in total. The average molecular weight is 377 g/mol. The first-order valence-corrected chi connectivity index (χ1v) is 9.32. The summed E-state index contributed by atoms with van der Waals surface area (Å²) < 4.78 is 13.1. The highest BCUT2D eigenvalue weighted by Gasteiger charge is 2.27. The number of likely N-dealkylation sites (tertiary alicyclic amines) is 1. The first kappa shape index (κ1) is 18.1. The van der Waals surface area contributed by atoms with Gasteiger partial charge in [-0.15, -0.1) is 0 Å². The molecule has 142 valence electrons. The van der Waals surface area contributed by atoms with Gasteiger partial charge in [-0.25, -0.2) is 4.39 Å².